The van der Waals surface area contributed by atoms with E-state index in [2.05, 4.69) is 20.0 Å². The minimum Gasteiger partial charge on any atom is -0.467 e. The largest absolute Gasteiger partial charge is 0.467 e. The molecule has 0 bridgehead atoms. The van der Waals surface area contributed by atoms with E-state index in [4.69, 9.17) is 0 Å². The Morgan fingerprint density at radius 3 is 2.64 bits per heavy atom. The average molecular weight is 396 g/mol. The minimum atomic E-state index is -4.47. The Bertz CT molecular complexity index is 999. The van der Waals surface area contributed by atoms with Crippen molar-refractivity contribution >= 4 is 16.8 Å². The van der Waals surface area contributed by atoms with Gasteiger partial charge in [0.05, 0.1) is 24.1 Å². The Balaban J connectivity index is 1.70. The highest BCUT2D eigenvalue weighted by Crippen LogP contribution is 2.21. The van der Waals surface area contributed by atoms with Crippen LogP contribution in [0.3, 0.4) is 0 Å². The number of hydrogen-bond donors (Lipinski definition) is 1. The molecule has 0 spiro atoms. The van der Waals surface area contributed by atoms with Crippen LogP contribution < -0.4 is 10.1 Å². The summed E-state index contributed by atoms with van der Waals surface area (Å²) in [6.07, 6.45) is -2.18. The number of carbonyl (C=O) groups is 1. The van der Waals surface area contributed by atoms with Crippen LogP contribution >= 0.6 is 0 Å². The fourth-order valence-corrected chi connectivity index (χ4v) is 2.66. The number of benzene rings is 1. The number of carbonyl (C=O) groups excluding carboxylic acids is 1. The summed E-state index contributed by atoms with van der Waals surface area (Å²) in [7, 11) is 1.69. The number of rotatable bonds is 5. The highest BCUT2D eigenvalue weighted by Gasteiger charge is 2.28. The molecule has 0 aliphatic heterocycles. The van der Waals surface area contributed by atoms with E-state index in [0.29, 0.717) is 22.3 Å². The molecule has 1 amide bonds. The molecule has 1 aromatic carbocycles. The smallest absolute Gasteiger partial charge is 0.422 e. The van der Waals surface area contributed by atoms with Gasteiger partial charge in [0.15, 0.2) is 6.61 Å². The Hall–Kier alpha value is -3.17. The third-order valence-electron chi connectivity index (χ3n) is 4.06. The predicted octanol–water partition coefficient (Wildman–Crippen LogP) is 3.54. The number of hydrogen-bond acceptors (Lipinski definition) is 4. The van der Waals surface area contributed by atoms with Crippen LogP contribution in [-0.4, -0.2) is 33.2 Å². The van der Waals surface area contributed by atoms with Gasteiger partial charge in [0.25, 0.3) is 5.91 Å². The van der Waals surface area contributed by atoms with Crippen LogP contribution in [0.15, 0.2) is 36.7 Å². The van der Waals surface area contributed by atoms with Gasteiger partial charge in [0, 0.05) is 18.0 Å². The molecule has 6 nitrogen and oxygen atoms in total. The van der Waals surface area contributed by atoms with Gasteiger partial charge in [-0.1, -0.05) is 0 Å². The zero-order valence-electron chi connectivity index (χ0n) is 14.9. The fraction of sp³-hybridized carbons (Fsp3) is 0.278. The van der Waals surface area contributed by atoms with Crippen LogP contribution in [0.2, 0.25) is 0 Å². The lowest BCUT2D eigenvalue weighted by Crippen LogP contribution is -2.28. The number of ether oxygens (including phenoxy) is 1. The summed E-state index contributed by atoms with van der Waals surface area (Å²) in [5.41, 5.74) is 1.37. The van der Waals surface area contributed by atoms with Crippen LogP contribution in [0.1, 0.15) is 29.1 Å². The number of halogens is 4. The lowest BCUT2D eigenvalue weighted by atomic mass is 10.2. The predicted molar refractivity (Wildman–Crippen MR) is 92.3 cm³/mol. The zero-order valence-corrected chi connectivity index (χ0v) is 14.9. The van der Waals surface area contributed by atoms with E-state index in [1.165, 1.54) is 18.3 Å². The highest BCUT2D eigenvalue weighted by atomic mass is 19.4. The molecule has 1 N–H and O–H groups in total. The van der Waals surface area contributed by atoms with E-state index in [-0.39, 0.29) is 5.88 Å². The molecule has 28 heavy (non-hydrogen) atoms. The molecule has 0 saturated carbocycles. The van der Waals surface area contributed by atoms with Gasteiger partial charge >= 0.3 is 6.18 Å². The molecule has 0 aliphatic rings. The molecule has 0 aliphatic carbocycles. The molecule has 10 heteroatoms. The topological polar surface area (TPSA) is 69.0 Å². The number of nitrogens with one attached hydrogen (secondary N) is 1. The van der Waals surface area contributed by atoms with Crippen molar-refractivity contribution in [3.05, 3.63) is 53.9 Å². The first-order valence-electron chi connectivity index (χ1n) is 8.21. The first kappa shape index (κ1) is 19.6. The van der Waals surface area contributed by atoms with Crippen molar-refractivity contribution in [3.63, 3.8) is 0 Å². The van der Waals surface area contributed by atoms with E-state index >= 15 is 0 Å². The quantitative estimate of drug-likeness (QED) is 0.670. The number of aromatic nitrogens is 3. The Morgan fingerprint density at radius 2 is 2.00 bits per heavy atom. The number of fused-ring (bicyclic) bond motifs is 1. The van der Waals surface area contributed by atoms with Crippen molar-refractivity contribution in [2.24, 2.45) is 7.05 Å². The van der Waals surface area contributed by atoms with Crippen LogP contribution in [0.4, 0.5) is 17.6 Å². The van der Waals surface area contributed by atoms with Crippen molar-refractivity contribution in [3.8, 4) is 5.88 Å². The Labute approximate surface area is 157 Å². The van der Waals surface area contributed by atoms with Gasteiger partial charge in [-0.25, -0.2) is 9.37 Å². The number of amides is 1. The minimum absolute atomic E-state index is 0.268. The summed E-state index contributed by atoms with van der Waals surface area (Å²) < 4.78 is 55.9. The number of nitrogens with zero attached hydrogens (tertiary/aromatic N) is 3. The van der Waals surface area contributed by atoms with Gasteiger partial charge in [-0.15, -0.1) is 0 Å². The normalized spacial score (nSPS) is 12.8. The summed E-state index contributed by atoms with van der Waals surface area (Å²) in [5.74, 6) is -1.08. The third kappa shape index (κ3) is 4.38. The number of alkyl halides is 3. The van der Waals surface area contributed by atoms with Crippen LogP contribution in [0.5, 0.6) is 5.88 Å². The number of aryl methyl sites for hydroxylation is 1. The van der Waals surface area contributed by atoms with Gasteiger partial charge in [-0.05, 0) is 31.2 Å². The van der Waals surface area contributed by atoms with Gasteiger partial charge in [0.2, 0.25) is 5.88 Å². The molecule has 3 rings (SSSR count). The second-order valence-electron chi connectivity index (χ2n) is 6.17. The lowest BCUT2D eigenvalue weighted by molar-refractivity contribution is -0.154. The van der Waals surface area contributed by atoms with Crippen LogP contribution in [0.25, 0.3) is 10.9 Å². The van der Waals surface area contributed by atoms with Crippen molar-refractivity contribution < 1.29 is 27.1 Å². The van der Waals surface area contributed by atoms with Gasteiger partial charge in [-0.2, -0.15) is 13.2 Å². The summed E-state index contributed by atoms with van der Waals surface area (Å²) in [6.45, 7) is 0.190. The van der Waals surface area contributed by atoms with Crippen molar-refractivity contribution in [1.82, 2.24) is 19.9 Å². The second-order valence-corrected chi connectivity index (χ2v) is 6.17. The molecule has 0 radical (unpaired) electrons. The van der Waals surface area contributed by atoms with Crippen molar-refractivity contribution in [1.29, 1.82) is 0 Å². The zero-order chi connectivity index (χ0) is 20.5. The highest BCUT2D eigenvalue weighted by molar-refractivity contribution is 5.98. The van der Waals surface area contributed by atoms with E-state index in [9.17, 15) is 22.4 Å². The third-order valence-corrected chi connectivity index (χ3v) is 4.06. The van der Waals surface area contributed by atoms with Crippen LogP contribution in [-0.2, 0) is 7.05 Å². The lowest BCUT2D eigenvalue weighted by Gasteiger charge is -2.14. The van der Waals surface area contributed by atoms with E-state index in [1.807, 2.05) is 0 Å². The first-order chi connectivity index (χ1) is 13.1. The van der Waals surface area contributed by atoms with Crippen molar-refractivity contribution in [2.75, 3.05) is 6.61 Å². The Kier molecular flexibility index (Phi) is 5.21. The fourth-order valence-electron chi connectivity index (χ4n) is 2.66. The molecule has 148 valence electrons. The standard InChI is InChI=1S/C18H16F4N4O2/c1-10(13-7-24-16(8-23-13)28-9-18(20,21)22)25-17(27)15-6-11-5-12(19)3-4-14(11)26(15)2/h3-8,10H,9H2,1-2H3,(H,25,27). The first-order valence-corrected chi connectivity index (χ1v) is 8.21. The average Bonchev–Trinajstić information content (AvgIpc) is 2.95. The molecular formula is C18H16F4N4O2. The molecular weight excluding hydrogens is 380 g/mol. The van der Waals surface area contributed by atoms with Gasteiger partial charge < -0.3 is 14.6 Å². The summed E-state index contributed by atoms with van der Waals surface area (Å²) in [6, 6.07) is 5.23. The molecule has 0 saturated heterocycles. The molecule has 3 aromatic rings. The van der Waals surface area contributed by atoms with E-state index in [0.717, 1.165) is 6.20 Å². The molecule has 1 atom stereocenters. The maximum absolute atomic E-state index is 13.4. The molecule has 2 heterocycles. The monoisotopic (exact) mass is 396 g/mol. The van der Waals surface area contributed by atoms with Crippen LogP contribution in [0, 0.1) is 5.82 Å². The summed E-state index contributed by atoms with van der Waals surface area (Å²) in [4.78, 5) is 20.3. The van der Waals surface area contributed by atoms with Gasteiger partial charge in [0.1, 0.15) is 11.5 Å². The molecule has 0 fully saturated rings. The SMILES string of the molecule is CC(NC(=O)c1cc2cc(F)ccc2n1C)c1cnc(OCC(F)(F)F)cn1. The summed E-state index contributed by atoms with van der Waals surface area (Å²) >= 11 is 0. The maximum Gasteiger partial charge on any atom is 0.422 e. The van der Waals surface area contributed by atoms with Gasteiger partial charge in [-0.3, -0.25) is 9.78 Å². The maximum atomic E-state index is 13.4. The van der Waals surface area contributed by atoms with E-state index in [1.54, 1.807) is 30.7 Å². The van der Waals surface area contributed by atoms with Crippen molar-refractivity contribution in [2.45, 2.75) is 19.1 Å². The summed E-state index contributed by atoms with van der Waals surface area (Å²) in [5, 5.41) is 3.32. The van der Waals surface area contributed by atoms with E-state index < -0.39 is 30.5 Å². The second kappa shape index (κ2) is 7.45. The molecule has 2 aromatic heterocycles. The Morgan fingerprint density at radius 1 is 1.25 bits per heavy atom. The molecule has 1 unspecified atom stereocenters.